The molecule has 8 heteroatoms. The van der Waals surface area contributed by atoms with Gasteiger partial charge < -0.3 is 16.3 Å². The first kappa shape index (κ1) is 11.2. The number of rotatable bonds is 1. The molecule has 0 spiro atoms. The van der Waals surface area contributed by atoms with Crippen molar-refractivity contribution in [1.82, 2.24) is 20.4 Å². The smallest absolute Gasteiger partial charge is 0.856 e. The molecule has 1 rings (SSSR count). The largest absolute Gasteiger partial charge is 1.00 e. The van der Waals surface area contributed by atoms with Gasteiger partial charge in [-0.1, -0.05) is 0 Å². The van der Waals surface area contributed by atoms with Gasteiger partial charge in [0.1, 0.15) is 0 Å². The minimum absolute atomic E-state index is 0. The van der Waals surface area contributed by atoms with Crippen LogP contribution in [0.15, 0.2) is 0 Å². The maximum absolute atomic E-state index is 10.8. The number of carbonyl (C=O) groups is 1. The van der Waals surface area contributed by atoms with Crippen LogP contribution in [0.1, 0.15) is 10.5 Å². The van der Waals surface area contributed by atoms with Gasteiger partial charge in [-0.2, -0.15) is 4.79 Å². The van der Waals surface area contributed by atoms with E-state index >= 15 is 0 Å². The first-order valence-electron chi connectivity index (χ1n) is 2.76. The molecule has 60 valence electrons. The Bertz CT molecular complexity index is 285. The number of hydrogen-bond donors (Lipinski definition) is 2. The van der Waals surface area contributed by atoms with E-state index in [1.165, 1.54) is 7.05 Å². The standard InChI is InChI=1S/C4H7N5O2.Na/c1-6-3(10)2-4(11)9(5)8-7-2;/h11H,5H2,1H3,(H,6,10);/q;+1/p-1. The van der Waals surface area contributed by atoms with E-state index in [9.17, 15) is 9.90 Å². The predicted molar refractivity (Wildman–Crippen MR) is 33.0 cm³/mol. The summed E-state index contributed by atoms with van der Waals surface area (Å²) in [5.41, 5.74) is -0.296. The first-order chi connectivity index (χ1) is 5.16. The van der Waals surface area contributed by atoms with E-state index in [2.05, 4.69) is 15.6 Å². The Morgan fingerprint density at radius 1 is 1.75 bits per heavy atom. The van der Waals surface area contributed by atoms with Crippen LogP contribution in [0.2, 0.25) is 0 Å². The second-order valence-corrected chi connectivity index (χ2v) is 1.77. The Morgan fingerprint density at radius 2 is 2.33 bits per heavy atom. The van der Waals surface area contributed by atoms with Crippen LogP contribution in [0.4, 0.5) is 0 Å². The molecule has 0 radical (unpaired) electrons. The van der Waals surface area contributed by atoms with Crippen molar-refractivity contribution in [3.8, 4) is 5.88 Å². The second kappa shape index (κ2) is 4.29. The second-order valence-electron chi connectivity index (χ2n) is 1.77. The van der Waals surface area contributed by atoms with Gasteiger partial charge in [-0.05, 0) is 5.21 Å². The molecule has 3 N–H and O–H groups in total. The van der Waals surface area contributed by atoms with Gasteiger partial charge in [0.05, 0.1) is 0 Å². The Morgan fingerprint density at radius 3 is 2.67 bits per heavy atom. The fourth-order valence-electron chi connectivity index (χ4n) is 0.546. The molecular formula is C4H6N5NaO2. The summed E-state index contributed by atoms with van der Waals surface area (Å²) in [6, 6.07) is 0. The third-order valence-electron chi connectivity index (χ3n) is 1.09. The molecule has 7 nitrogen and oxygen atoms in total. The van der Waals surface area contributed by atoms with E-state index in [4.69, 9.17) is 5.84 Å². The van der Waals surface area contributed by atoms with Gasteiger partial charge in [-0.15, -0.1) is 5.10 Å². The van der Waals surface area contributed by atoms with Crippen molar-refractivity contribution in [1.29, 1.82) is 0 Å². The van der Waals surface area contributed by atoms with Crippen LogP contribution in [0.3, 0.4) is 0 Å². The molecule has 0 unspecified atom stereocenters. The van der Waals surface area contributed by atoms with E-state index in [0.29, 0.717) is 4.79 Å². The van der Waals surface area contributed by atoms with Gasteiger partial charge in [0, 0.05) is 12.9 Å². The van der Waals surface area contributed by atoms with Crippen molar-refractivity contribution >= 4 is 5.91 Å². The van der Waals surface area contributed by atoms with E-state index in [-0.39, 0.29) is 35.3 Å². The number of nitrogens with two attached hydrogens (primary N) is 1. The molecule has 0 aliphatic carbocycles. The molecule has 0 fully saturated rings. The van der Waals surface area contributed by atoms with Crippen LogP contribution < -0.4 is 45.8 Å². The summed E-state index contributed by atoms with van der Waals surface area (Å²) < 4.78 is 0. The van der Waals surface area contributed by atoms with E-state index in [1.54, 1.807) is 0 Å². The number of amides is 1. The van der Waals surface area contributed by atoms with Gasteiger partial charge in [0.2, 0.25) is 0 Å². The quantitative estimate of drug-likeness (QED) is 0.330. The van der Waals surface area contributed by atoms with Crippen LogP contribution in [0.5, 0.6) is 5.88 Å². The van der Waals surface area contributed by atoms with Crippen molar-refractivity contribution in [2.75, 3.05) is 12.9 Å². The molecule has 1 aromatic rings. The molecule has 0 bridgehead atoms. The van der Waals surface area contributed by atoms with Crippen LogP contribution in [-0.4, -0.2) is 28.1 Å². The van der Waals surface area contributed by atoms with Crippen molar-refractivity contribution in [3.05, 3.63) is 5.69 Å². The van der Waals surface area contributed by atoms with Crippen molar-refractivity contribution < 1.29 is 39.5 Å². The van der Waals surface area contributed by atoms with Gasteiger partial charge in [0.15, 0.2) is 5.69 Å². The van der Waals surface area contributed by atoms with Crippen LogP contribution in [-0.2, 0) is 0 Å². The van der Waals surface area contributed by atoms with Gasteiger partial charge >= 0.3 is 29.6 Å². The van der Waals surface area contributed by atoms with Crippen LogP contribution in [0.25, 0.3) is 0 Å². The average Bonchev–Trinajstić information content (AvgIpc) is 2.32. The SMILES string of the molecule is CNC(=O)c1nnn(N)c1[O-].[Na+]. The summed E-state index contributed by atoms with van der Waals surface area (Å²) >= 11 is 0. The minimum Gasteiger partial charge on any atom is -0.856 e. The number of hydrogen-bond acceptors (Lipinski definition) is 5. The Labute approximate surface area is 90.2 Å². The maximum atomic E-state index is 10.8. The van der Waals surface area contributed by atoms with E-state index in [1.807, 2.05) is 0 Å². The fraction of sp³-hybridized carbons (Fsp3) is 0.250. The van der Waals surface area contributed by atoms with Gasteiger partial charge in [-0.25, -0.2) is 0 Å². The molecule has 0 saturated heterocycles. The molecule has 1 heterocycles. The zero-order chi connectivity index (χ0) is 8.43. The fourth-order valence-corrected chi connectivity index (χ4v) is 0.546. The maximum Gasteiger partial charge on any atom is 1.00 e. The Balaban J connectivity index is 0.00000121. The summed E-state index contributed by atoms with van der Waals surface area (Å²) in [5, 5.41) is 19.5. The summed E-state index contributed by atoms with van der Waals surface area (Å²) in [6.45, 7) is 0. The minimum atomic E-state index is -0.704. The molecule has 1 aromatic heterocycles. The number of nitrogens with zero attached hydrogens (tertiary/aromatic N) is 3. The van der Waals surface area contributed by atoms with Crippen molar-refractivity contribution in [3.63, 3.8) is 0 Å². The molecule has 12 heavy (non-hydrogen) atoms. The van der Waals surface area contributed by atoms with Crippen LogP contribution >= 0.6 is 0 Å². The summed E-state index contributed by atoms with van der Waals surface area (Å²) in [5.74, 6) is 3.69. The zero-order valence-electron chi connectivity index (χ0n) is 6.74. The molecule has 1 amide bonds. The van der Waals surface area contributed by atoms with E-state index in [0.717, 1.165) is 0 Å². The molecule has 0 atom stereocenters. The predicted octanol–water partition coefficient (Wildman–Crippen LogP) is -5.57. The summed E-state index contributed by atoms with van der Waals surface area (Å²) in [6.07, 6.45) is 0. The van der Waals surface area contributed by atoms with E-state index < -0.39 is 11.8 Å². The number of aromatic nitrogens is 3. The molecular weight excluding hydrogens is 173 g/mol. The average molecular weight is 179 g/mol. The zero-order valence-corrected chi connectivity index (χ0v) is 8.74. The van der Waals surface area contributed by atoms with Gasteiger partial charge in [-0.3, -0.25) is 4.79 Å². The molecule has 0 saturated carbocycles. The Hall–Kier alpha value is -0.790. The third kappa shape index (κ3) is 1.87. The van der Waals surface area contributed by atoms with Crippen LogP contribution in [0, 0.1) is 0 Å². The first-order valence-corrected chi connectivity index (χ1v) is 2.76. The molecule has 0 aliphatic heterocycles. The number of nitrogen functional groups attached to an aromatic ring is 1. The van der Waals surface area contributed by atoms with Gasteiger partial charge in [0.25, 0.3) is 5.91 Å². The van der Waals surface area contributed by atoms with Crippen molar-refractivity contribution in [2.24, 2.45) is 0 Å². The monoisotopic (exact) mass is 179 g/mol. The number of carbonyl (C=O) groups excluding carboxylic acids is 1. The topological polar surface area (TPSA) is 109 Å². The molecule has 0 aromatic carbocycles. The number of nitrogens with one attached hydrogen (secondary N) is 1. The van der Waals surface area contributed by atoms with Crippen molar-refractivity contribution in [2.45, 2.75) is 0 Å². The summed E-state index contributed by atoms with van der Waals surface area (Å²) in [4.78, 5) is 11.3. The molecule has 0 aliphatic rings. The summed E-state index contributed by atoms with van der Waals surface area (Å²) in [7, 11) is 1.39. The Kier molecular flexibility index (Phi) is 4.01. The normalized spacial score (nSPS) is 8.75. The third-order valence-corrected chi connectivity index (χ3v) is 1.09.